The lowest BCUT2D eigenvalue weighted by molar-refractivity contribution is -0.705. The Labute approximate surface area is 93.9 Å². The van der Waals surface area contributed by atoms with Crippen LogP contribution in [0.3, 0.4) is 0 Å². The molecule has 2 heterocycles. The highest BCUT2D eigenvalue weighted by molar-refractivity contribution is 5.57. The molecule has 4 heteroatoms. The average Bonchev–Trinajstić information content (AvgIpc) is 2.69. The van der Waals surface area contributed by atoms with Crippen LogP contribution in [0, 0.1) is 0 Å². The Morgan fingerprint density at radius 3 is 2.81 bits per heavy atom. The maximum Gasteiger partial charge on any atom is 0.315 e. The van der Waals surface area contributed by atoms with Gasteiger partial charge in [0.1, 0.15) is 6.54 Å². The van der Waals surface area contributed by atoms with Gasteiger partial charge in [-0.3, -0.25) is 5.84 Å². The Morgan fingerprint density at radius 1 is 1.19 bits per heavy atom. The lowest BCUT2D eigenvalue weighted by Gasteiger charge is -1.98. The van der Waals surface area contributed by atoms with Gasteiger partial charge >= 0.3 is 5.82 Å². The van der Waals surface area contributed by atoms with E-state index in [1.165, 1.54) is 0 Å². The first-order chi connectivity index (χ1) is 7.83. The maximum absolute atomic E-state index is 5.75. The second-order valence-corrected chi connectivity index (χ2v) is 3.95. The summed E-state index contributed by atoms with van der Waals surface area (Å²) in [5.41, 5.74) is 2.14. The minimum atomic E-state index is 0.709. The van der Waals surface area contributed by atoms with Crippen molar-refractivity contribution in [1.82, 2.24) is 9.99 Å². The smallest absolute Gasteiger partial charge is 0.265 e. The summed E-state index contributed by atoms with van der Waals surface area (Å²) in [6.07, 6.45) is 2.04. The first-order valence-electron chi connectivity index (χ1n) is 5.27. The van der Waals surface area contributed by atoms with Crippen molar-refractivity contribution in [3.05, 3.63) is 48.4 Å². The molecule has 16 heavy (non-hydrogen) atoms. The second kappa shape index (κ2) is 3.66. The van der Waals surface area contributed by atoms with E-state index in [0.29, 0.717) is 6.54 Å². The Morgan fingerprint density at radius 2 is 2.00 bits per heavy atom. The van der Waals surface area contributed by atoms with Crippen molar-refractivity contribution in [2.45, 2.75) is 13.2 Å². The van der Waals surface area contributed by atoms with Crippen LogP contribution in [0.2, 0.25) is 0 Å². The molecule has 1 aliphatic rings. The van der Waals surface area contributed by atoms with E-state index in [1.807, 2.05) is 30.5 Å². The second-order valence-electron chi connectivity index (χ2n) is 3.95. The van der Waals surface area contributed by atoms with E-state index in [9.17, 15) is 0 Å². The Hall–Kier alpha value is -1.78. The first-order valence-corrected chi connectivity index (χ1v) is 5.27. The van der Waals surface area contributed by atoms with E-state index in [0.717, 1.165) is 23.8 Å². The van der Waals surface area contributed by atoms with Crippen LogP contribution in [0.5, 0.6) is 0 Å². The number of nitrogens with two attached hydrogens (primary N) is 1. The lowest BCUT2D eigenvalue weighted by Crippen LogP contribution is -2.38. The predicted octanol–water partition coefficient (Wildman–Crippen LogP) is 0.683. The highest BCUT2D eigenvalue weighted by Crippen LogP contribution is 2.16. The average molecular weight is 213 g/mol. The Kier molecular flexibility index (Phi) is 2.16. The summed E-state index contributed by atoms with van der Waals surface area (Å²) in [6, 6.07) is 12.2. The van der Waals surface area contributed by atoms with Crippen LogP contribution in [-0.4, -0.2) is 9.99 Å². The molecule has 0 spiro atoms. The van der Waals surface area contributed by atoms with E-state index >= 15 is 0 Å². The molecular formula is C12H13N4+. The van der Waals surface area contributed by atoms with Crippen LogP contribution in [-0.2, 0) is 13.2 Å². The molecule has 2 N–H and O–H groups in total. The summed E-state index contributed by atoms with van der Waals surface area (Å²) >= 11 is 0. The molecule has 0 saturated carbocycles. The van der Waals surface area contributed by atoms with E-state index < -0.39 is 0 Å². The molecule has 0 unspecified atom stereocenters. The van der Waals surface area contributed by atoms with Gasteiger partial charge < -0.3 is 0 Å². The van der Waals surface area contributed by atoms with Crippen molar-refractivity contribution >= 4 is 0 Å². The largest absolute Gasteiger partial charge is 0.315 e. The number of aromatic nitrogens is 2. The van der Waals surface area contributed by atoms with Gasteiger partial charge in [-0.25, -0.2) is 4.57 Å². The van der Waals surface area contributed by atoms with Crippen molar-refractivity contribution in [2.75, 3.05) is 0 Å². The summed E-state index contributed by atoms with van der Waals surface area (Å²) < 4.78 is 2.06. The van der Waals surface area contributed by atoms with Crippen LogP contribution in [0.4, 0.5) is 0 Å². The number of hydrazine groups is 1. The molecule has 0 bridgehead atoms. The zero-order valence-corrected chi connectivity index (χ0v) is 8.87. The third-order valence-electron chi connectivity index (χ3n) is 2.74. The summed E-state index contributed by atoms with van der Waals surface area (Å²) in [5, 5.41) is 1.75. The number of fused-ring (bicyclic) bond motifs is 1. The van der Waals surface area contributed by atoms with Gasteiger partial charge in [0.15, 0.2) is 12.4 Å². The topological polar surface area (TPSA) is 46.0 Å². The fourth-order valence-electron chi connectivity index (χ4n) is 1.94. The fraction of sp³-hybridized carbons (Fsp3) is 0.167. The molecule has 0 atom stereocenters. The molecular weight excluding hydrogens is 200 g/mol. The normalized spacial score (nSPS) is 15.1. The first kappa shape index (κ1) is 9.45. The molecule has 3 rings (SSSR count). The van der Waals surface area contributed by atoms with Gasteiger partial charge in [-0.05, 0) is 4.98 Å². The Balaban J connectivity index is 2.03. The van der Waals surface area contributed by atoms with Gasteiger partial charge in [0.25, 0.3) is 0 Å². The number of hydrogen-bond donors (Lipinski definition) is 1. The number of rotatable bonds is 1. The lowest BCUT2D eigenvalue weighted by atomic mass is 10.1. The van der Waals surface area contributed by atoms with Crippen LogP contribution in [0.15, 0.2) is 42.6 Å². The molecule has 1 aromatic heterocycles. The molecule has 80 valence electrons. The number of nitrogens with zero attached hydrogens (tertiary/aromatic N) is 3. The van der Waals surface area contributed by atoms with E-state index in [-0.39, 0.29) is 0 Å². The minimum absolute atomic E-state index is 0.709. The molecule has 2 aromatic rings. The van der Waals surface area contributed by atoms with Gasteiger partial charge in [0.2, 0.25) is 0 Å². The number of benzene rings is 1. The van der Waals surface area contributed by atoms with Crippen LogP contribution < -0.4 is 10.4 Å². The van der Waals surface area contributed by atoms with Crippen molar-refractivity contribution < 1.29 is 4.57 Å². The van der Waals surface area contributed by atoms with Gasteiger partial charge in [0.05, 0.1) is 6.20 Å². The van der Waals surface area contributed by atoms with Gasteiger partial charge in [-0.1, -0.05) is 30.3 Å². The van der Waals surface area contributed by atoms with Crippen LogP contribution in [0.25, 0.3) is 11.3 Å². The highest BCUT2D eigenvalue weighted by atomic mass is 15.5. The highest BCUT2D eigenvalue weighted by Gasteiger charge is 2.25. The quantitative estimate of drug-likeness (QED) is 0.560. The molecule has 0 amide bonds. The summed E-state index contributed by atoms with van der Waals surface area (Å²) in [4.78, 5) is 4.62. The number of hydrogen-bond acceptors (Lipinski definition) is 3. The fourth-order valence-corrected chi connectivity index (χ4v) is 1.94. The molecule has 0 radical (unpaired) electrons. The summed E-state index contributed by atoms with van der Waals surface area (Å²) in [5.74, 6) is 6.76. The van der Waals surface area contributed by atoms with Crippen LogP contribution in [0.1, 0.15) is 5.82 Å². The third-order valence-corrected chi connectivity index (χ3v) is 2.74. The molecule has 1 aliphatic heterocycles. The molecule has 0 aliphatic carbocycles. The molecule has 4 nitrogen and oxygen atoms in total. The van der Waals surface area contributed by atoms with Crippen molar-refractivity contribution in [2.24, 2.45) is 5.84 Å². The zero-order valence-electron chi connectivity index (χ0n) is 8.87. The molecule has 1 aromatic carbocycles. The predicted molar refractivity (Wildman–Crippen MR) is 59.6 cm³/mol. The SMILES string of the molecule is NN1Cc2nc(-c3ccccc3)cc[n+]2C1. The molecule has 0 fully saturated rings. The third kappa shape index (κ3) is 1.58. The summed E-state index contributed by atoms with van der Waals surface area (Å²) in [7, 11) is 0. The van der Waals surface area contributed by atoms with Crippen molar-refractivity contribution in [3.63, 3.8) is 0 Å². The van der Waals surface area contributed by atoms with Crippen LogP contribution >= 0.6 is 0 Å². The van der Waals surface area contributed by atoms with Gasteiger partial charge in [-0.15, -0.1) is 0 Å². The standard InChI is InChI=1S/C12H13N4/c13-16-8-12-14-11(6-7-15(12)9-16)10-4-2-1-3-5-10/h1-7H,8-9,13H2/q+1. The van der Waals surface area contributed by atoms with Crippen molar-refractivity contribution in [1.29, 1.82) is 0 Å². The maximum atomic E-state index is 5.75. The van der Waals surface area contributed by atoms with E-state index in [4.69, 9.17) is 5.84 Å². The van der Waals surface area contributed by atoms with Gasteiger partial charge in [-0.2, -0.15) is 5.01 Å². The van der Waals surface area contributed by atoms with E-state index in [1.54, 1.807) is 5.01 Å². The monoisotopic (exact) mass is 213 g/mol. The minimum Gasteiger partial charge on any atom is -0.265 e. The van der Waals surface area contributed by atoms with E-state index in [2.05, 4.69) is 21.7 Å². The van der Waals surface area contributed by atoms with Gasteiger partial charge in [0, 0.05) is 11.6 Å². The van der Waals surface area contributed by atoms with Crippen molar-refractivity contribution in [3.8, 4) is 11.3 Å². The molecule has 0 saturated heterocycles. The summed E-state index contributed by atoms with van der Waals surface area (Å²) in [6.45, 7) is 1.43. The zero-order chi connectivity index (χ0) is 11.0. The Bertz CT molecular complexity index is 510.